The third kappa shape index (κ3) is 3.22. The monoisotopic (exact) mass is 252 g/mol. The minimum Gasteiger partial charge on any atom is -0.333 e. The van der Waals surface area contributed by atoms with E-state index in [1.807, 2.05) is 16.3 Å². The van der Waals surface area contributed by atoms with Crippen LogP contribution in [-0.4, -0.2) is 23.5 Å². The lowest BCUT2D eigenvalue weighted by Crippen LogP contribution is -2.48. The fourth-order valence-corrected chi connectivity index (χ4v) is 3.01. The Morgan fingerprint density at radius 1 is 1.59 bits per heavy atom. The molecule has 0 saturated carbocycles. The first-order valence-corrected chi connectivity index (χ1v) is 7.26. The Kier molecular flexibility index (Phi) is 4.42. The lowest BCUT2D eigenvalue weighted by atomic mass is 10.0. The highest BCUT2D eigenvalue weighted by atomic mass is 32.1. The maximum atomic E-state index is 12.1. The molecular formula is C13H20N2OS. The molecule has 1 aliphatic rings. The second kappa shape index (κ2) is 6.05. The van der Waals surface area contributed by atoms with Gasteiger partial charge in [0.15, 0.2) is 0 Å². The third-order valence-corrected chi connectivity index (χ3v) is 4.23. The van der Waals surface area contributed by atoms with Gasteiger partial charge in [0.05, 0.1) is 6.54 Å². The van der Waals surface area contributed by atoms with Gasteiger partial charge >= 0.3 is 6.03 Å². The molecule has 1 fully saturated rings. The predicted molar refractivity (Wildman–Crippen MR) is 71.2 cm³/mol. The fourth-order valence-electron chi connectivity index (χ4n) is 2.37. The van der Waals surface area contributed by atoms with Gasteiger partial charge in [0.2, 0.25) is 0 Å². The van der Waals surface area contributed by atoms with Gasteiger partial charge in [-0.3, -0.25) is 0 Å². The summed E-state index contributed by atoms with van der Waals surface area (Å²) in [5.74, 6) is 0. The van der Waals surface area contributed by atoms with Crippen molar-refractivity contribution in [2.24, 2.45) is 0 Å². The summed E-state index contributed by atoms with van der Waals surface area (Å²) >= 11 is 1.68. The molecular weight excluding hydrogens is 232 g/mol. The molecule has 1 saturated heterocycles. The topological polar surface area (TPSA) is 32.3 Å². The Morgan fingerprint density at radius 3 is 3.18 bits per heavy atom. The van der Waals surface area contributed by atoms with Crippen LogP contribution in [0.2, 0.25) is 0 Å². The average molecular weight is 252 g/mol. The lowest BCUT2D eigenvalue weighted by molar-refractivity contribution is 0.148. The highest BCUT2D eigenvalue weighted by Crippen LogP contribution is 2.19. The zero-order chi connectivity index (χ0) is 12.1. The number of urea groups is 1. The first-order chi connectivity index (χ1) is 8.31. The number of likely N-dealkylation sites (tertiary alicyclic amines) is 1. The molecule has 1 aliphatic heterocycles. The zero-order valence-corrected chi connectivity index (χ0v) is 11.1. The second-order valence-corrected chi connectivity index (χ2v) is 5.52. The average Bonchev–Trinajstić information content (AvgIpc) is 2.89. The fraction of sp³-hybridized carbons (Fsp3) is 0.615. The van der Waals surface area contributed by atoms with Gasteiger partial charge in [-0.25, -0.2) is 4.79 Å². The van der Waals surface area contributed by atoms with Crippen molar-refractivity contribution in [3.63, 3.8) is 0 Å². The van der Waals surface area contributed by atoms with Crippen LogP contribution in [0, 0.1) is 0 Å². The Balaban J connectivity index is 1.85. The van der Waals surface area contributed by atoms with Crippen LogP contribution in [0.4, 0.5) is 4.79 Å². The molecule has 1 N–H and O–H groups in total. The summed E-state index contributed by atoms with van der Waals surface area (Å²) in [7, 11) is 0. The van der Waals surface area contributed by atoms with E-state index in [-0.39, 0.29) is 6.03 Å². The number of carbonyl (C=O) groups excluding carboxylic acids is 1. The molecule has 3 nitrogen and oxygen atoms in total. The van der Waals surface area contributed by atoms with E-state index in [4.69, 9.17) is 0 Å². The smallest absolute Gasteiger partial charge is 0.317 e. The number of hydrogen-bond acceptors (Lipinski definition) is 2. The van der Waals surface area contributed by atoms with E-state index in [1.54, 1.807) is 11.3 Å². The maximum Gasteiger partial charge on any atom is 0.317 e. The molecule has 0 spiro atoms. The number of amides is 2. The van der Waals surface area contributed by atoms with Gasteiger partial charge in [-0.15, -0.1) is 11.3 Å². The molecule has 2 rings (SSSR count). The number of hydrogen-bond donors (Lipinski definition) is 1. The van der Waals surface area contributed by atoms with Crippen LogP contribution in [0.5, 0.6) is 0 Å². The van der Waals surface area contributed by atoms with Crippen LogP contribution in [0.25, 0.3) is 0 Å². The van der Waals surface area contributed by atoms with E-state index in [9.17, 15) is 4.79 Å². The summed E-state index contributed by atoms with van der Waals surface area (Å²) in [4.78, 5) is 15.3. The maximum absolute atomic E-state index is 12.1. The van der Waals surface area contributed by atoms with Crippen molar-refractivity contribution in [2.45, 2.75) is 45.2 Å². The largest absolute Gasteiger partial charge is 0.333 e. The zero-order valence-electron chi connectivity index (χ0n) is 10.3. The number of rotatable bonds is 3. The number of carbonyl (C=O) groups is 1. The molecule has 0 aliphatic carbocycles. The van der Waals surface area contributed by atoms with Crippen molar-refractivity contribution in [3.8, 4) is 0 Å². The van der Waals surface area contributed by atoms with Crippen molar-refractivity contribution < 1.29 is 4.79 Å². The quantitative estimate of drug-likeness (QED) is 0.880. The first-order valence-electron chi connectivity index (χ1n) is 6.38. The summed E-state index contributed by atoms with van der Waals surface area (Å²) in [6, 6.07) is 4.61. The number of thiophene rings is 1. The molecule has 1 aromatic rings. The van der Waals surface area contributed by atoms with Crippen molar-refractivity contribution in [1.29, 1.82) is 0 Å². The van der Waals surface area contributed by atoms with E-state index < -0.39 is 0 Å². The van der Waals surface area contributed by atoms with Crippen molar-refractivity contribution in [1.82, 2.24) is 10.2 Å². The van der Waals surface area contributed by atoms with Crippen molar-refractivity contribution in [3.05, 3.63) is 22.4 Å². The van der Waals surface area contributed by atoms with Crippen LogP contribution in [0.15, 0.2) is 17.5 Å². The van der Waals surface area contributed by atoms with Gasteiger partial charge in [-0.2, -0.15) is 0 Å². The van der Waals surface area contributed by atoms with Crippen LogP contribution in [0.3, 0.4) is 0 Å². The lowest BCUT2D eigenvalue weighted by Gasteiger charge is -2.35. The molecule has 1 unspecified atom stereocenters. The summed E-state index contributed by atoms with van der Waals surface area (Å²) in [6.45, 7) is 3.73. The van der Waals surface area contributed by atoms with E-state index in [0.29, 0.717) is 12.6 Å². The molecule has 1 atom stereocenters. The minimum absolute atomic E-state index is 0.102. The molecule has 1 aromatic heterocycles. The van der Waals surface area contributed by atoms with Crippen molar-refractivity contribution in [2.75, 3.05) is 6.54 Å². The van der Waals surface area contributed by atoms with Crippen molar-refractivity contribution >= 4 is 17.4 Å². The minimum atomic E-state index is 0.102. The second-order valence-electron chi connectivity index (χ2n) is 4.49. The molecule has 0 aromatic carbocycles. The molecule has 0 radical (unpaired) electrons. The first kappa shape index (κ1) is 12.4. The Bertz CT molecular complexity index is 350. The van der Waals surface area contributed by atoms with Gasteiger partial charge in [0.25, 0.3) is 0 Å². The van der Waals surface area contributed by atoms with Crippen LogP contribution in [0.1, 0.15) is 37.5 Å². The van der Waals surface area contributed by atoms with Crippen LogP contribution < -0.4 is 5.32 Å². The molecule has 2 amide bonds. The number of nitrogens with zero attached hydrogens (tertiary/aromatic N) is 1. The summed E-state index contributed by atoms with van der Waals surface area (Å²) in [5.41, 5.74) is 0. The van der Waals surface area contributed by atoms with Crippen LogP contribution in [-0.2, 0) is 6.54 Å². The Hall–Kier alpha value is -1.03. The van der Waals surface area contributed by atoms with Gasteiger partial charge < -0.3 is 10.2 Å². The highest BCUT2D eigenvalue weighted by molar-refractivity contribution is 7.09. The normalized spacial score (nSPS) is 20.3. The van der Waals surface area contributed by atoms with Gasteiger partial charge in [-0.1, -0.05) is 13.0 Å². The Morgan fingerprint density at radius 2 is 2.47 bits per heavy atom. The summed E-state index contributed by atoms with van der Waals surface area (Å²) < 4.78 is 0. The Labute approximate surface area is 107 Å². The predicted octanol–water partition coefficient (Wildman–Crippen LogP) is 3.22. The van der Waals surface area contributed by atoms with E-state index >= 15 is 0 Å². The molecule has 17 heavy (non-hydrogen) atoms. The van der Waals surface area contributed by atoms with E-state index in [0.717, 1.165) is 25.8 Å². The molecule has 94 valence electrons. The number of nitrogens with one attached hydrogen (secondary N) is 1. The molecule has 0 bridgehead atoms. The van der Waals surface area contributed by atoms with E-state index in [2.05, 4.69) is 18.3 Å². The standard InChI is InChI=1S/C13H20N2OS/c1-2-11-6-3-4-8-15(11)13(16)14-10-12-7-5-9-17-12/h5,7,9,11H,2-4,6,8,10H2,1H3,(H,14,16). The van der Waals surface area contributed by atoms with Gasteiger partial charge in [-0.05, 0) is 37.1 Å². The summed E-state index contributed by atoms with van der Waals surface area (Å²) in [5, 5.41) is 5.06. The van der Waals surface area contributed by atoms with Gasteiger partial charge in [0.1, 0.15) is 0 Å². The third-order valence-electron chi connectivity index (χ3n) is 3.35. The SMILES string of the molecule is CCC1CCCCN1C(=O)NCc1cccs1. The van der Waals surface area contributed by atoms with Crippen LogP contribution >= 0.6 is 11.3 Å². The highest BCUT2D eigenvalue weighted by Gasteiger charge is 2.24. The van der Waals surface area contributed by atoms with Gasteiger partial charge in [0, 0.05) is 17.5 Å². The van der Waals surface area contributed by atoms with E-state index in [1.165, 1.54) is 11.3 Å². The molecule has 2 heterocycles. The molecule has 4 heteroatoms. The summed E-state index contributed by atoms with van der Waals surface area (Å²) in [6.07, 6.45) is 4.62. The number of piperidine rings is 1.